The minimum atomic E-state index is -0.595. The molecule has 3 aromatic heterocycles. The van der Waals surface area contributed by atoms with Crippen LogP contribution in [0, 0.1) is 11.3 Å². The highest BCUT2D eigenvalue weighted by Gasteiger charge is 2.51. The minimum Gasteiger partial charge on any atom is -0.389 e. The third-order valence-electron chi connectivity index (χ3n) is 9.75. The molecule has 1 unspecified atom stereocenters. The fraction of sp³-hybridized carbons (Fsp3) is 0.516. The molecule has 11 nitrogen and oxygen atoms in total. The fourth-order valence-electron chi connectivity index (χ4n) is 7.22. The number of hydrogen-bond acceptors (Lipinski definition) is 11. The second-order valence-electron chi connectivity index (χ2n) is 12.6. The van der Waals surface area contributed by atoms with Crippen LogP contribution >= 0.6 is 11.3 Å². The number of fused-ring (bicyclic) bond motifs is 1. The number of carbonyl (C=O) groups excluding carboxylic acids is 1. The Bertz CT molecular complexity index is 1630. The molecule has 2 saturated heterocycles. The van der Waals surface area contributed by atoms with Gasteiger partial charge in [0.1, 0.15) is 22.6 Å². The number of nitrogens with two attached hydrogens (primary N) is 1. The van der Waals surface area contributed by atoms with Crippen molar-refractivity contribution in [2.24, 2.45) is 0 Å². The molecule has 1 atom stereocenters. The van der Waals surface area contributed by atoms with E-state index in [2.05, 4.69) is 52.5 Å². The lowest BCUT2D eigenvalue weighted by Gasteiger charge is -2.42. The Morgan fingerprint density at radius 3 is 2.67 bits per heavy atom. The lowest BCUT2D eigenvalue weighted by molar-refractivity contribution is -0.126. The number of piperazine rings is 2. The van der Waals surface area contributed by atoms with Gasteiger partial charge in [0.2, 0.25) is 17.6 Å². The van der Waals surface area contributed by atoms with Gasteiger partial charge in [0, 0.05) is 68.0 Å². The van der Waals surface area contributed by atoms with E-state index in [0.717, 1.165) is 73.7 Å². The molecule has 5 heterocycles. The molecule has 1 amide bonds. The maximum absolute atomic E-state index is 12.2. The maximum atomic E-state index is 12.2. The third-order valence-corrected chi connectivity index (χ3v) is 10.8. The van der Waals surface area contributed by atoms with Crippen molar-refractivity contribution in [3.05, 3.63) is 46.7 Å². The largest absolute Gasteiger partial charge is 0.389 e. The standard InChI is InChI=1S/C31H37N9O2S/c1-4-25(41)39-13-11-38(12-14-39)20-16-22(34-24(17-20)40-15-10-37(3)19-31(40)8-9-31)28-35-29(42-36-28)30(2)7-5-6-23-26(30)21(18-32)27(33)43-23/h4,16-17H,1,5-15,19,33H2,2-3H3. The number of carbonyl (C=O) groups is 1. The van der Waals surface area contributed by atoms with E-state index >= 15 is 0 Å². The summed E-state index contributed by atoms with van der Waals surface area (Å²) >= 11 is 1.49. The summed E-state index contributed by atoms with van der Waals surface area (Å²) in [5.41, 5.74) is 8.93. The molecule has 2 aliphatic heterocycles. The second kappa shape index (κ2) is 10.3. The predicted octanol–water partition coefficient (Wildman–Crippen LogP) is 3.41. The van der Waals surface area contributed by atoms with Crippen LogP contribution < -0.4 is 15.5 Å². The van der Waals surface area contributed by atoms with E-state index in [9.17, 15) is 10.1 Å². The first-order chi connectivity index (χ1) is 20.7. The van der Waals surface area contributed by atoms with Crippen molar-refractivity contribution in [1.29, 1.82) is 5.26 Å². The molecule has 1 saturated carbocycles. The molecule has 224 valence electrons. The number of nitriles is 1. The summed E-state index contributed by atoms with van der Waals surface area (Å²) in [6, 6.07) is 6.55. The molecular formula is C31H37N9O2S. The number of aromatic nitrogens is 3. The summed E-state index contributed by atoms with van der Waals surface area (Å²) in [5, 5.41) is 14.9. The molecule has 3 aromatic rings. The number of aryl methyl sites for hydroxylation is 1. The predicted molar refractivity (Wildman–Crippen MR) is 166 cm³/mol. The molecule has 3 fully saturated rings. The second-order valence-corrected chi connectivity index (χ2v) is 13.7. The van der Waals surface area contributed by atoms with Gasteiger partial charge in [-0.15, -0.1) is 11.3 Å². The van der Waals surface area contributed by atoms with Crippen molar-refractivity contribution in [3.8, 4) is 17.6 Å². The normalized spacial score (nSPS) is 23.2. The van der Waals surface area contributed by atoms with Gasteiger partial charge in [-0.25, -0.2) is 4.98 Å². The zero-order valence-electron chi connectivity index (χ0n) is 24.8. The van der Waals surface area contributed by atoms with Crippen molar-refractivity contribution in [1.82, 2.24) is 24.9 Å². The van der Waals surface area contributed by atoms with Gasteiger partial charge in [-0.05, 0) is 58.2 Å². The average Bonchev–Trinajstić information content (AvgIpc) is 3.42. The number of thiophene rings is 1. The number of anilines is 3. The Morgan fingerprint density at radius 2 is 1.95 bits per heavy atom. The topological polar surface area (TPSA) is 132 Å². The maximum Gasteiger partial charge on any atom is 0.246 e. The highest BCUT2D eigenvalue weighted by molar-refractivity contribution is 7.16. The van der Waals surface area contributed by atoms with Crippen LogP contribution in [0.3, 0.4) is 0 Å². The lowest BCUT2D eigenvalue weighted by atomic mass is 9.72. The van der Waals surface area contributed by atoms with Crippen molar-refractivity contribution in [2.75, 3.05) is 68.4 Å². The van der Waals surface area contributed by atoms with E-state index in [-0.39, 0.29) is 11.4 Å². The van der Waals surface area contributed by atoms with Crippen LogP contribution in [-0.2, 0) is 16.6 Å². The van der Waals surface area contributed by atoms with Gasteiger partial charge in [-0.3, -0.25) is 4.79 Å². The molecule has 0 bridgehead atoms. The Morgan fingerprint density at radius 1 is 1.16 bits per heavy atom. The summed E-state index contributed by atoms with van der Waals surface area (Å²) in [4.78, 5) is 32.5. The molecular weight excluding hydrogens is 562 g/mol. The number of amides is 1. The van der Waals surface area contributed by atoms with E-state index in [1.807, 2.05) is 11.0 Å². The van der Waals surface area contributed by atoms with Crippen LogP contribution in [0.1, 0.15) is 54.5 Å². The van der Waals surface area contributed by atoms with Crippen molar-refractivity contribution < 1.29 is 9.32 Å². The van der Waals surface area contributed by atoms with Gasteiger partial charge < -0.3 is 29.9 Å². The van der Waals surface area contributed by atoms with Crippen molar-refractivity contribution >= 4 is 33.8 Å². The monoisotopic (exact) mass is 599 g/mol. The highest BCUT2D eigenvalue weighted by atomic mass is 32.1. The quantitative estimate of drug-likeness (QED) is 0.435. The SMILES string of the molecule is C=CC(=O)N1CCN(c2cc(-c3noc(C4(C)CCCc5sc(N)c(C#N)c54)n3)nc(N3CCN(C)CC34CC4)c2)CC1. The molecule has 4 aliphatic rings. The van der Waals surface area contributed by atoms with Crippen LogP contribution in [0.2, 0.25) is 0 Å². The lowest BCUT2D eigenvalue weighted by Crippen LogP contribution is -2.54. The van der Waals surface area contributed by atoms with Gasteiger partial charge in [0.15, 0.2) is 0 Å². The van der Waals surface area contributed by atoms with Crippen LogP contribution in [0.15, 0.2) is 29.3 Å². The van der Waals surface area contributed by atoms with Crippen LogP contribution in [0.4, 0.5) is 16.5 Å². The van der Waals surface area contributed by atoms with E-state index in [1.165, 1.54) is 17.4 Å². The molecule has 2 N–H and O–H groups in total. The number of pyridine rings is 1. The molecule has 12 heteroatoms. The summed E-state index contributed by atoms with van der Waals surface area (Å²) < 4.78 is 5.98. The Kier molecular flexibility index (Phi) is 6.70. The van der Waals surface area contributed by atoms with E-state index in [1.54, 1.807) is 0 Å². The van der Waals surface area contributed by atoms with Gasteiger partial charge >= 0.3 is 0 Å². The number of nitrogens with zero attached hydrogens (tertiary/aromatic N) is 8. The van der Waals surface area contributed by atoms with E-state index < -0.39 is 5.41 Å². The zero-order valence-corrected chi connectivity index (χ0v) is 25.6. The smallest absolute Gasteiger partial charge is 0.246 e. The Balaban J connectivity index is 1.26. The zero-order chi connectivity index (χ0) is 29.9. The summed E-state index contributed by atoms with van der Waals surface area (Å²) in [7, 11) is 2.19. The Labute approximate surface area is 255 Å². The summed E-state index contributed by atoms with van der Waals surface area (Å²) in [6.45, 7) is 11.3. The molecule has 2 aliphatic carbocycles. The van der Waals surface area contributed by atoms with Gasteiger partial charge in [0.05, 0.1) is 16.5 Å². The minimum absolute atomic E-state index is 0.0329. The molecule has 0 aromatic carbocycles. The van der Waals surface area contributed by atoms with Gasteiger partial charge in [-0.1, -0.05) is 11.7 Å². The van der Waals surface area contributed by atoms with Crippen LogP contribution in [-0.4, -0.2) is 89.2 Å². The molecule has 1 spiro atoms. The number of hydrogen-bond donors (Lipinski definition) is 1. The molecule has 7 rings (SSSR count). The molecule has 43 heavy (non-hydrogen) atoms. The van der Waals surface area contributed by atoms with E-state index in [0.29, 0.717) is 54.2 Å². The van der Waals surface area contributed by atoms with Gasteiger partial charge in [0.25, 0.3) is 0 Å². The fourth-order valence-corrected chi connectivity index (χ4v) is 8.41. The first kappa shape index (κ1) is 27.9. The number of likely N-dealkylation sites (N-methyl/N-ethyl adjacent to an activating group) is 1. The number of rotatable bonds is 5. The number of nitrogen functional groups attached to an aromatic ring is 1. The third kappa shape index (κ3) is 4.66. The average molecular weight is 600 g/mol. The first-order valence-corrected chi connectivity index (χ1v) is 15.9. The van der Waals surface area contributed by atoms with Crippen LogP contribution in [0.5, 0.6) is 0 Å². The van der Waals surface area contributed by atoms with Crippen molar-refractivity contribution in [3.63, 3.8) is 0 Å². The summed E-state index contributed by atoms with van der Waals surface area (Å²) in [5.74, 6) is 1.82. The van der Waals surface area contributed by atoms with E-state index in [4.69, 9.17) is 20.2 Å². The van der Waals surface area contributed by atoms with Crippen LogP contribution in [0.25, 0.3) is 11.5 Å². The summed E-state index contributed by atoms with van der Waals surface area (Å²) in [6.07, 6.45) is 6.33. The first-order valence-electron chi connectivity index (χ1n) is 15.1. The van der Waals surface area contributed by atoms with Gasteiger partial charge in [-0.2, -0.15) is 10.2 Å². The molecule has 0 radical (unpaired) electrons. The Hall–Kier alpha value is -3.95. The highest BCUT2D eigenvalue weighted by Crippen LogP contribution is 2.49. The van der Waals surface area contributed by atoms with Crippen molar-refractivity contribution in [2.45, 2.75) is 50.0 Å².